The van der Waals surface area contributed by atoms with Crippen molar-refractivity contribution in [2.45, 2.75) is 37.7 Å². The van der Waals surface area contributed by atoms with Crippen LogP contribution in [0.2, 0.25) is 0 Å². The predicted molar refractivity (Wildman–Crippen MR) is 49.9 cm³/mol. The van der Waals surface area contributed by atoms with Crippen LogP contribution in [0.25, 0.3) is 0 Å². The summed E-state index contributed by atoms with van der Waals surface area (Å²) in [6.45, 7) is 0.246. The lowest BCUT2D eigenvalue weighted by molar-refractivity contribution is -0.298. The number of likely N-dealkylation sites (tertiary alicyclic amines) is 1. The van der Waals surface area contributed by atoms with E-state index in [4.69, 9.17) is 0 Å². The predicted octanol–water partition coefficient (Wildman–Crippen LogP) is 2.68. The molecule has 0 saturated carbocycles. The molecule has 0 aromatic carbocycles. The molecule has 0 aliphatic carbocycles. The molecule has 3 nitrogen and oxygen atoms in total. The molecule has 106 valence electrons. The SMILES string of the molecule is CC(NC(=O)N1CCCC1)(C(F)(F)F)C(F)(F)F. The van der Waals surface area contributed by atoms with Crippen LogP contribution in [-0.4, -0.2) is 41.9 Å². The minimum atomic E-state index is -5.61. The highest BCUT2D eigenvalue weighted by Gasteiger charge is 2.68. The van der Waals surface area contributed by atoms with Crippen LogP contribution >= 0.6 is 0 Å². The largest absolute Gasteiger partial charge is 0.420 e. The van der Waals surface area contributed by atoms with E-state index in [0.29, 0.717) is 12.8 Å². The smallest absolute Gasteiger partial charge is 0.325 e. The zero-order chi connectivity index (χ0) is 14.2. The molecule has 0 radical (unpaired) electrons. The van der Waals surface area contributed by atoms with E-state index in [0.717, 1.165) is 10.2 Å². The molecule has 9 heteroatoms. The highest BCUT2D eigenvalue weighted by molar-refractivity contribution is 5.75. The fourth-order valence-corrected chi connectivity index (χ4v) is 1.52. The molecule has 1 heterocycles. The van der Waals surface area contributed by atoms with Crippen LogP contribution < -0.4 is 5.32 Å². The molecule has 0 spiro atoms. The Morgan fingerprint density at radius 2 is 1.39 bits per heavy atom. The third kappa shape index (κ3) is 2.64. The average molecular weight is 278 g/mol. The van der Waals surface area contributed by atoms with Crippen molar-refractivity contribution in [1.29, 1.82) is 0 Å². The number of hydrogen-bond donors (Lipinski definition) is 1. The van der Waals surface area contributed by atoms with Crippen LogP contribution in [-0.2, 0) is 0 Å². The van der Waals surface area contributed by atoms with E-state index >= 15 is 0 Å². The van der Waals surface area contributed by atoms with Crippen molar-refractivity contribution in [2.75, 3.05) is 13.1 Å². The molecule has 1 fully saturated rings. The molecule has 0 unspecified atom stereocenters. The van der Waals surface area contributed by atoms with Gasteiger partial charge in [0.15, 0.2) is 0 Å². The van der Waals surface area contributed by atoms with E-state index in [1.807, 2.05) is 0 Å². The van der Waals surface area contributed by atoms with Crippen LogP contribution in [0.4, 0.5) is 31.1 Å². The summed E-state index contributed by atoms with van der Waals surface area (Å²) in [6.07, 6.45) is -10.1. The van der Waals surface area contributed by atoms with Gasteiger partial charge in [0, 0.05) is 13.1 Å². The van der Waals surface area contributed by atoms with Gasteiger partial charge in [-0.15, -0.1) is 0 Å². The van der Waals surface area contributed by atoms with Gasteiger partial charge in [-0.2, -0.15) is 26.3 Å². The third-order valence-corrected chi connectivity index (χ3v) is 2.88. The van der Waals surface area contributed by atoms with Crippen molar-refractivity contribution in [2.24, 2.45) is 0 Å². The normalized spacial score (nSPS) is 18.1. The number of rotatable bonds is 1. The number of carbonyl (C=O) groups is 1. The van der Waals surface area contributed by atoms with E-state index in [-0.39, 0.29) is 20.0 Å². The van der Waals surface area contributed by atoms with Gasteiger partial charge < -0.3 is 10.2 Å². The van der Waals surface area contributed by atoms with Crippen LogP contribution in [0, 0.1) is 0 Å². The number of halogens is 6. The summed E-state index contributed by atoms with van der Waals surface area (Å²) in [6, 6.07) is -1.34. The van der Waals surface area contributed by atoms with Crippen molar-refractivity contribution in [1.82, 2.24) is 10.2 Å². The van der Waals surface area contributed by atoms with Crippen molar-refractivity contribution in [3.8, 4) is 0 Å². The Bertz CT molecular complexity index is 304. The lowest BCUT2D eigenvalue weighted by Crippen LogP contribution is -2.67. The molecular formula is C9H12F6N2O. The lowest BCUT2D eigenvalue weighted by atomic mass is 10.0. The van der Waals surface area contributed by atoms with Gasteiger partial charge in [-0.1, -0.05) is 0 Å². The quantitative estimate of drug-likeness (QED) is 0.735. The van der Waals surface area contributed by atoms with E-state index in [2.05, 4.69) is 0 Å². The molecular weight excluding hydrogens is 266 g/mol. The van der Waals surface area contributed by atoms with E-state index < -0.39 is 23.9 Å². The summed E-state index contributed by atoms with van der Waals surface area (Å²) in [5.41, 5.74) is -4.24. The second-order valence-corrected chi connectivity index (χ2v) is 4.24. The minimum absolute atomic E-state index is 0.0824. The summed E-state index contributed by atoms with van der Waals surface area (Å²) in [5, 5.41) is 1.05. The first kappa shape index (κ1) is 14.9. The maximum Gasteiger partial charge on any atom is 0.420 e. The minimum Gasteiger partial charge on any atom is -0.325 e. The topological polar surface area (TPSA) is 32.3 Å². The molecule has 0 bridgehead atoms. The van der Waals surface area contributed by atoms with Crippen LogP contribution in [0.5, 0.6) is 0 Å². The highest BCUT2D eigenvalue weighted by atomic mass is 19.4. The van der Waals surface area contributed by atoms with Gasteiger partial charge in [0.2, 0.25) is 5.54 Å². The van der Waals surface area contributed by atoms with Gasteiger partial charge in [0.25, 0.3) is 0 Å². The van der Waals surface area contributed by atoms with Gasteiger partial charge in [-0.05, 0) is 19.8 Å². The van der Waals surface area contributed by atoms with E-state index in [9.17, 15) is 31.1 Å². The monoisotopic (exact) mass is 278 g/mol. The summed E-state index contributed by atoms with van der Waals surface area (Å²) < 4.78 is 75.0. The number of alkyl halides is 6. The van der Waals surface area contributed by atoms with Gasteiger partial charge >= 0.3 is 18.4 Å². The average Bonchev–Trinajstić information content (AvgIpc) is 2.66. The van der Waals surface area contributed by atoms with Crippen molar-refractivity contribution >= 4 is 6.03 Å². The Labute approximate surface area is 99.1 Å². The molecule has 0 aromatic heterocycles. The van der Waals surface area contributed by atoms with E-state index in [1.165, 1.54) is 0 Å². The number of nitrogens with zero attached hydrogens (tertiary/aromatic N) is 1. The maximum absolute atomic E-state index is 12.5. The highest BCUT2D eigenvalue weighted by Crippen LogP contribution is 2.42. The molecule has 1 N–H and O–H groups in total. The van der Waals surface area contributed by atoms with Gasteiger partial charge in [-0.25, -0.2) is 4.79 Å². The van der Waals surface area contributed by atoms with E-state index in [1.54, 1.807) is 0 Å². The van der Waals surface area contributed by atoms with Crippen LogP contribution in [0.3, 0.4) is 0 Å². The molecule has 1 saturated heterocycles. The number of hydrogen-bond acceptors (Lipinski definition) is 1. The summed E-state index contributed by atoms with van der Waals surface area (Å²) in [5.74, 6) is 0. The second kappa shape index (κ2) is 4.51. The second-order valence-electron chi connectivity index (χ2n) is 4.24. The van der Waals surface area contributed by atoms with Crippen LogP contribution in [0.1, 0.15) is 19.8 Å². The fourth-order valence-electron chi connectivity index (χ4n) is 1.52. The van der Waals surface area contributed by atoms with Crippen LogP contribution in [0.15, 0.2) is 0 Å². The number of carbonyl (C=O) groups excluding carboxylic acids is 1. The number of amides is 2. The molecule has 1 rings (SSSR count). The Hall–Kier alpha value is -1.15. The first-order valence-corrected chi connectivity index (χ1v) is 5.19. The Morgan fingerprint density at radius 1 is 1.00 bits per heavy atom. The number of urea groups is 1. The summed E-state index contributed by atoms with van der Waals surface area (Å²) in [4.78, 5) is 12.3. The summed E-state index contributed by atoms with van der Waals surface area (Å²) in [7, 11) is 0. The molecule has 2 amide bonds. The van der Waals surface area contributed by atoms with Gasteiger partial charge in [-0.3, -0.25) is 0 Å². The zero-order valence-electron chi connectivity index (χ0n) is 9.45. The molecule has 1 aliphatic heterocycles. The Morgan fingerprint density at radius 3 is 1.72 bits per heavy atom. The summed E-state index contributed by atoms with van der Waals surface area (Å²) >= 11 is 0. The molecule has 1 aliphatic rings. The number of nitrogens with one attached hydrogen (secondary N) is 1. The first-order chi connectivity index (χ1) is 7.99. The van der Waals surface area contributed by atoms with Gasteiger partial charge in [0.05, 0.1) is 0 Å². The lowest BCUT2D eigenvalue weighted by Gasteiger charge is -2.35. The Kier molecular flexibility index (Phi) is 3.73. The zero-order valence-corrected chi connectivity index (χ0v) is 9.45. The first-order valence-electron chi connectivity index (χ1n) is 5.19. The van der Waals surface area contributed by atoms with Gasteiger partial charge in [0.1, 0.15) is 0 Å². The third-order valence-electron chi connectivity index (χ3n) is 2.88. The Balaban J connectivity index is 2.89. The molecule has 18 heavy (non-hydrogen) atoms. The van der Waals surface area contributed by atoms with Crippen molar-refractivity contribution in [3.05, 3.63) is 0 Å². The molecule has 0 aromatic rings. The van der Waals surface area contributed by atoms with Crippen molar-refractivity contribution < 1.29 is 31.1 Å². The fraction of sp³-hybridized carbons (Fsp3) is 0.889. The maximum atomic E-state index is 12.5. The van der Waals surface area contributed by atoms with Crippen molar-refractivity contribution in [3.63, 3.8) is 0 Å². The molecule has 0 atom stereocenters. The standard InChI is InChI=1S/C9H12F6N2O/c1-7(8(10,11)12,9(13,14)15)16-6(18)17-4-2-3-5-17/h2-5H2,1H3,(H,16,18).